The van der Waals surface area contributed by atoms with Gasteiger partial charge in [0.25, 0.3) is 5.91 Å². The van der Waals surface area contributed by atoms with Gasteiger partial charge in [0, 0.05) is 13.1 Å². The maximum atomic E-state index is 14.4. The number of likely N-dealkylation sites (tertiary alicyclic amines) is 1. The number of anilines is 1. The van der Waals surface area contributed by atoms with Crippen molar-refractivity contribution in [2.24, 2.45) is 5.92 Å². The van der Waals surface area contributed by atoms with Crippen molar-refractivity contribution in [3.8, 4) is 5.75 Å². The van der Waals surface area contributed by atoms with E-state index in [-0.39, 0.29) is 0 Å². The zero-order valence-corrected chi connectivity index (χ0v) is 14.1. The number of hydrogen-bond donors (Lipinski definition) is 2. The maximum Gasteiger partial charge on any atom is 0.326 e. The van der Waals surface area contributed by atoms with Crippen molar-refractivity contribution in [3.05, 3.63) is 23.5 Å². The van der Waals surface area contributed by atoms with Crippen LogP contribution in [0.1, 0.15) is 18.9 Å². The van der Waals surface area contributed by atoms with E-state index in [0.717, 1.165) is 26.1 Å². The van der Waals surface area contributed by atoms with Gasteiger partial charge in [-0.2, -0.15) is 8.42 Å². The Morgan fingerprint density at radius 2 is 2.17 bits per heavy atom. The largest absolute Gasteiger partial charge is 0.506 e. The number of rotatable bonds is 4. The Kier molecular flexibility index (Phi) is 4.39. The van der Waals surface area contributed by atoms with Crippen LogP contribution in [0, 0.1) is 11.7 Å². The van der Waals surface area contributed by atoms with Crippen LogP contribution in [0.2, 0.25) is 0 Å². The van der Waals surface area contributed by atoms with Crippen LogP contribution in [-0.2, 0) is 21.4 Å². The third-order valence-electron chi connectivity index (χ3n) is 4.40. The first-order valence-corrected chi connectivity index (χ1v) is 9.27. The number of phenols is 1. The number of nitrogens with zero attached hydrogens (tertiary/aromatic N) is 2. The van der Waals surface area contributed by atoms with Crippen molar-refractivity contribution >= 4 is 21.8 Å². The standard InChI is InChI=1S/C15H20FN3O4S/c1-10-2-4-18(8-10)5-3-11-6-12(16)15(13(20)7-11)19-9-14(21)17-24(19,22)23/h6-7,10,20H,2-5,8-9H2,1H3,(H,17,21)/t10-/m1/s1. The first kappa shape index (κ1) is 17.0. The summed E-state index contributed by atoms with van der Waals surface area (Å²) in [7, 11) is -4.15. The highest BCUT2D eigenvalue weighted by Gasteiger charge is 2.37. The molecule has 0 aliphatic carbocycles. The fourth-order valence-corrected chi connectivity index (χ4v) is 4.36. The van der Waals surface area contributed by atoms with E-state index in [1.807, 2.05) is 0 Å². The van der Waals surface area contributed by atoms with Crippen LogP contribution >= 0.6 is 0 Å². The smallest absolute Gasteiger partial charge is 0.326 e. The normalized spacial score (nSPS) is 23.7. The zero-order valence-electron chi connectivity index (χ0n) is 13.3. The number of phenolic OH excluding ortho intramolecular Hbond substituents is 1. The highest BCUT2D eigenvalue weighted by molar-refractivity contribution is 7.92. The number of halogens is 1. The number of carbonyl (C=O) groups is 1. The van der Waals surface area contributed by atoms with Gasteiger partial charge in [0.15, 0.2) is 5.82 Å². The second kappa shape index (κ2) is 6.21. The molecule has 2 aliphatic rings. The first-order valence-electron chi connectivity index (χ1n) is 7.83. The van der Waals surface area contributed by atoms with E-state index in [9.17, 15) is 22.7 Å². The average molecular weight is 357 g/mol. The number of nitrogens with one attached hydrogen (secondary N) is 1. The molecule has 1 amide bonds. The monoisotopic (exact) mass is 357 g/mol. The van der Waals surface area contributed by atoms with Gasteiger partial charge >= 0.3 is 10.2 Å². The summed E-state index contributed by atoms with van der Waals surface area (Å²) in [5.74, 6) is -1.45. The molecule has 2 aliphatic heterocycles. The van der Waals surface area contributed by atoms with Crippen molar-refractivity contribution in [2.45, 2.75) is 19.8 Å². The van der Waals surface area contributed by atoms with Crippen molar-refractivity contribution in [1.29, 1.82) is 0 Å². The molecule has 1 atom stereocenters. The lowest BCUT2D eigenvalue weighted by atomic mass is 10.1. The zero-order chi connectivity index (χ0) is 17.5. The summed E-state index contributed by atoms with van der Waals surface area (Å²) in [4.78, 5) is 13.5. The fraction of sp³-hybridized carbons (Fsp3) is 0.533. The quantitative estimate of drug-likeness (QED) is 0.823. The second-order valence-corrected chi connectivity index (χ2v) is 8.02. The van der Waals surface area contributed by atoms with Gasteiger partial charge in [0.1, 0.15) is 18.0 Å². The second-order valence-electron chi connectivity index (χ2n) is 6.43. The number of carbonyl (C=O) groups excluding carboxylic acids is 1. The molecule has 0 spiro atoms. The third kappa shape index (κ3) is 3.32. The van der Waals surface area contributed by atoms with E-state index in [2.05, 4.69) is 11.8 Å². The van der Waals surface area contributed by atoms with E-state index in [1.54, 1.807) is 4.72 Å². The Hall–Kier alpha value is -1.87. The minimum absolute atomic E-state index is 0.486. The van der Waals surface area contributed by atoms with Gasteiger partial charge < -0.3 is 10.0 Å². The predicted octanol–water partition coefficient (Wildman–Crippen LogP) is 0.597. The van der Waals surface area contributed by atoms with Crippen molar-refractivity contribution < 1.29 is 22.7 Å². The third-order valence-corrected chi connectivity index (χ3v) is 5.77. The molecule has 1 aromatic rings. The molecule has 7 nitrogen and oxygen atoms in total. The Morgan fingerprint density at radius 3 is 2.71 bits per heavy atom. The fourth-order valence-electron chi connectivity index (χ4n) is 3.19. The van der Waals surface area contributed by atoms with Gasteiger partial charge in [0.2, 0.25) is 0 Å². The SMILES string of the molecule is C[C@@H]1CCN(CCc2cc(O)c(N3CC(=O)NS3(=O)=O)c(F)c2)C1. The molecule has 132 valence electrons. The van der Waals surface area contributed by atoms with Gasteiger partial charge in [-0.3, -0.25) is 4.79 Å². The molecule has 0 saturated carbocycles. The van der Waals surface area contributed by atoms with Crippen LogP contribution in [-0.4, -0.2) is 50.5 Å². The Morgan fingerprint density at radius 1 is 1.42 bits per heavy atom. The predicted molar refractivity (Wildman–Crippen MR) is 86.4 cm³/mol. The minimum atomic E-state index is -4.15. The van der Waals surface area contributed by atoms with Crippen LogP contribution in [0.3, 0.4) is 0 Å². The van der Waals surface area contributed by atoms with Crippen molar-refractivity contribution in [3.63, 3.8) is 0 Å². The van der Waals surface area contributed by atoms with Gasteiger partial charge in [-0.05, 0) is 43.0 Å². The Balaban J connectivity index is 1.78. The molecule has 9 heteroatoms. The van der Waals surface area contributed by atoms with E-state index in [0.29, 0.717) is 22.2 Å². The number of benzene rings is 1. The molecule has 3 rings (SSSR count). The Labute approximate surface area is 140 Å². The summed E-state index contributed by atoms with van der Waals surface area (Å²) >= 11 is 0. The molecule has 2 heterocycles. The van der Waals surface area contributed by atoms with Crippen LogP contribution < -0.4 is 9.03 Å². The topological polar surface area (TPSA) is 89.9 Å². The summed E-state index contributed by atoms with van der Waals surface area (Å²) in [5, 5.41) is 10.1. The summed E-state index contributed by atoms with van der Waals surface area (Å²) in [6.45, 7) is 4.41. The molecule has 0 unspecified atom stereocenters. The lowest BCUT2D eigenvalue weighted by Crippen LogP contribution is -2.30. The van der Waals surface area contributed by atoms with E-state index in [4.69, 9.17) is 0 Å². The highest BCUT2D eigenvalue weighted by atomic mass is 32.2. The lowest BCUT2D eigenvalue weighted by molar-refractivity contribution is -0.117. The van der Waals surface area contributed by atoms with Crippen LogP contribution in [0.5, 0.6) is 5.75 Å². The molecule has 1 aromatic carbocycles. The molecule has 2 saturated heterocycles. The van der Waals surface area contributed by atoms with Gasteiger partial charge in [0.05, 0.1) is 0 Å². The van der Waals surface area contributed by atoms with Crippen LogP contribution in [0.15, 0.2) is 12.1 Å². The van der Waals surface area contributed by atoms with Gasteiger partial charge in [-0.1, -0.05) is 6.92 Å². The molecule has 0 radical (unpaired) electrons. The number of aromatic hydroxyl groups is 1. The molecule has 2 fully saturated rings. The van der Waals surface area contributed by atoms with Crippen LogP contribution in [0.25, 0.3) is 0 Å². The average Bonchev–Trinajstić information content (AvgIpc) is 2.99. The number of amides is 1. The lowest BCUT2D eigenvalue weighted by Gasteiger charge is -2.19. The maximum absolute atomic E-state index is 14.4. The summed E-state index contributed by atoms with van der Waals surface area (Å²) < 4.78 is 40.3. The highest BCUT2D eigenvalue weighted by Crippen LogP contribution is 2.34. The van der Waals surface area contributed by atoms with Crippen molar-refractivity contribution in [2.75, 3.05) is 30.5 Å². The molecule has 0 bridgehead atoms. The minimum Gasteiger partial charge on any atom is -0.506 e. The molecule has 24 heavy (non-hydrogen) atoms. The number of hydrogen-bond acceptors (Lipinski definition) is 5. The summed E-state index contributed by atoms with van der Waals surface area (Å²) in [6.07, 6.45) is 1.70. The summed E-state index contributed by atoms with van der Waals surface area (Å²) in [6, 6.07) is 2.57. The molecule has 2 N–H and O–H groups in total. The van der Waals surface area contributed by atoms with E-state index in [1.165, 1.54) is 12.1 Å². The van der Waals surface area contributed by atoms with Gasteiger partial charge in [-0.25, -0.2) is 13.4 Å². The van der Waals surface area contributed by atoms with Gasteiger partial charge in [-0.15, -0.1) is 0 Å². The molecule has 0 aromatic heterocycles. The van der Waals surface area contributed by atoms with Crippen molar-refractivity contribution in [1.82, 2.24) is 9.62 Å². The Bertz CT molecular complexity index is 745. The molecular formula is C15H20FN3O4S. The summed E-state index contributed by atoms with van der Waals surface area (Å²) in [5.41, 5.74) is 0.0936. The molecular weight excluding hydrogens is 337 g/mol. The van der Waals surface area contributed by atoms with Crippen LogP contribution in [0.4, 0.5) is 10.1 Å². The first-order chi connectivity index (χ1) is 11.3. The van der Waals surface area contributed by atoms with E-state index < -0.39 is 39.9 Å². The van der Waals surface area contributed by atoms with E-state index >= 15 is 0 Å².